The van der Waals surface area contributed by atoms with Crippen LogP contribution >= 0.6 is 0 Å². The van der Waals surface area contributed by atoms with Crippen LogP contribution < -0.4 is 10.5 Å². The van der Waals surface area contributed by atoms with E-state index in [2.05, 4.69) is 12.1 Å². The summed E-state index contributed by atoms with van der Waals surface area (Å²) < 4.78 is 5.96. The van der Waals surface area contributed by atoms with E-state index in [1.807, 2.05) is 47.4 Å². The number of carbonyl (C=O) groups is 2. The Morgan fingerprint density at radius 1 is 0.967 bits per heavy atom. The van der Waals surface area contributed by atoms with Crippen LogP contribution in [0, 0.1) is 0 Å². The smallest absolute Gasteiger partial charge is 0.248 e. The number of amides is 2. The summed E-state index contributed by atoms with van der Waals surface area (Å²) >= 11 is 0. The van der Waals surface area contributed by atoms with E-state index in [1.54, 1.807) is 12.1 Å². The van der Waals surface area contributed by atoms with Crippen LogP contribution in [0.25, 0.3) is 10.8 Å². The van der Waals surface area contributed by atoms with E-state index in [4.69, 9.17) is 10.5 Å². The number of hydrogen-bond acceptors (Lipinski definition) is 3. The Morgan fingerprint density at radius 2 is 1.70 bits per heavy atom. The Hall–Kier alpha value is -3.34. The Labute approximate surface area is 176 Å². The first kappa shape index (κ1) is 20.0. The first-order valence-electron chi connectivity index (χ1n) is 10.4. The zero-order valence-corrected chi connectivity index (χ0v) is 16.9. The highest BCUT2D eigenvalue weighted by Gasteiger charge is 2.32. The molecule has 0 aliphatic heterocycles. The molecule has 4 rings (SSSR count). The number of ether oxygens (including phenoxy) is 1. The molecule has 1 fully saturated rings. The lowest BCUT2D eigenvalue weighted by atomic mass is 10.1. The van der Waals surface area contributed by atoms with E-state index < -0.39 is 5.91 Å². The third kappa shape index (κ3) is 4.79. The third-order valence-electron chi connectivity index (χ3n) is 5.44. The minimum absolute atomic E-state index is 0.151. The van der Waals surface area contributed by atoms with Gasteiger partial charge < -0.3 is 15.4 Å². The van der Waals surface area contributed by atoms with Crippen molar-refractivity contribution in [1.29, 1.82) is 0 Å². The Bertz CT molecular complexity index is 1040. The maximum atomic E-state index is 12.8. The van der Waals surface area contributed by atoms with Crippen LogP contribution in [0.4, 0.5) is 0 Å². The van der Waals surface area contributed by atoms with Crippen molar-refractivity contribution in [1.82, 2.24) is 4.90 Å². The molecular weight excluding hydrogens is 376 g/mol. The first-order valence-corrected chi connectivity index (χ1v) is 10.4. The Morgan fingerprint density at radius 3 is 2.43 bits per heavy atom. The van der Waals surface area contributed by atoms with Crippen molar-refractivity contribution in [3.8, 4) is 5.75 Å². The fourth-order valence-corrected chi connectivity index (χ4v) is 3.65. The van der Waals surface area contributed by atoms with E-state index in [1.165, 1.54) is 0 Å². The number of benzene rings is 3. The fourth-order valence-electron chi connectivity index (χ4n) is 3.65. The van der Waals surface area contributed by atoms with E-state index >= 15 is 0 Å². The number of carbonyl (C=O) groups excluding carboxylic acids is 2. The average Bonchev–Trinajstić information content (AvgIpc) is 3.60. The van der Waals surface area contributed by atoms with Gasteiger partial charge in [-0.05, 0) is 48.4 Å². The molecule has 0 radical (unpaired) electrons. The molecule has 0 aromatic heterocycles. The molecule has 0 saturated heterocycles. The summed E-state index contributed by atoms with van der Waals surface area (Å²) in [5.74, 6) is 0.565. The van der Waals surface area contributed by atoms with Gasteiger partial charge in [0.05, 0.1) is 6.61 Å². The van der Waals surface area contributed by atoms with Crippen molar-refractivity contribution in [3.63, 3.8) is 0 Å². The number of hydrogen-bond donors (Lipinski definition) is 1. The molecule has 3 aromatic rings. The van der Waals surface area contributed by atoms with Gasteiger partial charge in [-0.1, -0.05) is 48.5 Å². The second-order valence-electron chi connectivity index (χ2n) is 7.74. The highest BCUT2D eigenvalue weighted by molar-refractivity contribution is 5.92. The zero-order chi connectivity index (χ0) is 20.9. The van der Waals surface area contributed by atoms with Crippen LogP contribution in [-0.2, 0) is 11.3 Å². The van der Waals surface area contributed by atoms with Crippen LogP contribution in [-0.4, -0.2) is 29.4 Å². The van der Waals surface area contributed by atoms with Gasteiger partial charge in [-0.25, -0.2) is 0 Å². The molecule has 0 unspecified atom stereocenters. The molecule has 3 aromatic carbocycles. The van der Waals surface area contributed by atoms with E-state index in [0.29, 0.717) is 37.6 Å². The lowest BCUT2D eigenvalue weighted by molar-refractivity contribution is -0.132. The maximum Gasteiger partial charge on any atom is 0.248 e. The molecule has 1 aliphatic carbocycles. The number of nitrogens with zero attached hydrogens (tertiary/aromatic N) is 1. The van der Waals surface area contributed by atoms with Gasteiger partial charge in [0.1, 0.15) is 5.75 Å². The normalized spacial score (nSPS) is 13.2. The van der Waals surface area contributed by atoms with Crippen molar-refractivity contribution in [2.75, 3.05) is 6.61 Å². The summed E-state index contributed by atoms with van der Waals surface area (Å²) in [5, 5.41) is 2.23. The van der Waals surface area contributed by atoms with Crippen molar-refractivity contribution >= 4 is 22.6 Å². The van der Waals surface area contributed by atoms with Crippen LogP contribution in [0.2, 0.25) is 0 Å². The minimum Gasteiger partial charge on any atom is -0.493 e. The second-order valence-corrected chi connectivity index (χ2v) is 7.74. The predicted molar refractivity (Wildman–Crippen MR) is 117 cm³/mol. The van der Waals surface area contributed by atoms with E-state index in [9.17, 15) is 9.59 Å². The molecule has 0 spiro atoms. The summed E-state index contributed by atoms with van der Waals surface area (Å²) in [4.78, 5) is 26.0. The Balaban J connectivity index is 1.31. The number of nitrogens with two attached hydrogens (primary N) is 1. The summed E-state index contributed by atoms with van der Waals surface area (Å²) in [6.45, 7) is 1.07. The summed E-state index contributed by atoms with van der Waals surface area (Å²) in [7, 11) is 0. The molecule has 1 aliphatic rings. The summed E-state index contributed by atoms with van der Waals surface area (Å²) in [6, 6.07) is 21.6. The molecular formula is C25H26N2O3. The van der Waals surface area contributed by atoms with Crippen LogP contribution in [0.5, 0.6) is 5.75 Å². The van der Waals surface area contributed by atoms with Gasteiger partial charge in [0.2, 0.25) is 11.8 Å². The number of primary amides is 1. The molecule has 2 amide bonds. The zero-order valence-electron chi connectivity index (χ0n) is 16.9. The topological polar surface area (TPSA) is 72.6 Å². The number of fused-ring (bicyclic) bond motifs is 1. The van der Waals surface area contributed by atoms with Crippen molar-refractivity contribution in [2.45, 2.75) is 38.3 Å². The molecule has 2 N–H and O–H groups in total. The van der Waals surface area contributed by atoms with Crippen molar-refractivity contribution in [2.24, 2.45) is 5.73 Å². The molecule has 30 heavy (non-hydrogen) atoms. The third-order valence-corrected chi connectivity index (χ3v) is 5.44. The quantitative estimate of drug-likeness (QED) is 0.543. The monoisotopic (exact) mass is 402 g/mol. The van der Waals surface area contributed by atoms with E-state index in [0.717, 1.165) is 34.9 Å². The molecule has 0 atom stereocenters. The van der Waals surface area contributed by atoms with Gasteiger partial charge in [0.15, 0.2) is 0 Å². The van der Waals surface area contributed by atoms with Crippen LogP contribution in [0.1, 0.15) is 41.6 Å². The molecule has 5 heteroatoms. The standard InChI is InChI=1S/C25H26N2O3/c26-25(29)20-12-10-18(11-13-20)17-27(21-14-15-21)24(28)9-4-16-30-23-8-3-6-19-5-1-2-7-22(19)23/h1-3,5-8,10-13,21H,4,9,14-17H2,(H2,26,29). The summed E-state index contributed by atoms with van der Waals surface area (Å²) in [6.07, 6.45) is 3.24. The Kier molecular flexibility index (Phi) is 5.98. The molecule has 0 bridgehead atoms. The van der Waals surface area contributed by atoms with E-state index in [-0.39, 0.29) is 5.91 Å². The predicted octanol–water partition coefficient (Wildman–Crippen LogP) is 4.29. The lowest BCUT2D eigenvalue weighted by Gasteiger charge is -2.23. The average molecular weight is 402 g/mol. The minimum atomic E-state index is -0.442. The highest BCUT2D eigenvalue weighted by atomic mass is 16.5. The first-order chi connectivity index (χ1) is 14.6. The van der Waals surface area contributed by atoms with Gasteiger partial charge in [-0.2, -0.15) is 0 Å². The highest BCUT2D eigenvalue weighted by Crippen LogP contribution is 2.29. The second kappa shape index (κ2) is 8.99. The SMILES string of the molecule is NC(=O)c1ccc(CN(C(=O)CCCOc2cccc3ccccc23)C2CC2)cc1. The summed E-state index contributed by atoms with van der Waals surface area (Å²) in [5.41, 5.74) is 6.78. The van der Waals surface area contributed by atoms with Crippen molar-refractivity contribution in [3.05, 3.63) is 77.9 Å². The van der Waals surface area contributed by atoms with Gasteiger partial charge in [0.25, 0.3) is 0 Å². The molecule has 1 saturated carbocycles. The van der Waals surface area contributed by atoms with Crippen LogP contribution in [0.3, 0.4) is 0 Å². The van der Waals surface area contributed by atoms with Crippen LogP contribution in [0.15, 0.2) is 66.7 Å². The van der Waals surface area contributed by atoms with Gasteiger partial charge in [-0.3, -0.25) is 9.59 Å². The molecule has 5 nitrogen and oxygen atoms in total. The molecule has 154 valence electrons. The van der Waals surface area contributed by atoms with Crippen molar-refractivity contribution < 1.29 is 14.3 Å². The fraction of sp³-hybridized carbons (Fsp3) is 0.280. The van der Waals surface area contributed by atoms with Gasteiger partial charge in [-0.15, -0.1) is 0 Å². The maximum absolute atomic E-state index is 12.8. The lowest BCUT2D eigenvalue weighted by Crippen LogP contribution is -2.32. The molecule has 0 heterocycles. The van der Waals surface area contributed by atoms with Gasteiger partial charge in [0, 0.05) is 30.0 Å². The number of rotatable bonds is 9. The van der Waals surface area contributed by atoms with Gasteiger partial charge >= 0.3 is 0 Å². The largest absolute Gasteiger partial charge is 0.493 e.